The van der Waals surface area contributed by atoms with Crippen molar-refractivity contribution in [3.05, 3.63) is 65.7 Å². The number of hydrogen-bond donors (Lipinski definition) is 0. The zero-order chi connectivity index (χ0) is 23.7. The normalized spacial score (nSPS) is 14.1. The standard InChI is InChI=1S/C25H23F2N3O3S.ClH/c1-32-21-13-17-5-3-2-4-16(17)12-19(21)24(31)30(7-6-29-8-10-33-11-9-29)25-28-23-20(27)14-18(26)15-22(23)34-25;/h2-5,12-15H,6-11H2,1H3;1H. The lowest BCUT2D eigenvalue weighted by Crippen LogP contribution is -2.43. The van der Waals surface area contributed by atoms with Crippen molar-refractivity contribution in [1.82, 2.24) is 9.88 Å². The maximum atomic E-state index is 14.4. The highest BCUT2D eigenvalue weighted by molar-refractivity contribution is 7.22. The van der Waals surface area contributed by atoms with Gasteiger partial charge >= 0.3 is 0 Å². The van der Waals surface area contributed by atoms with E-state index < -0.39 is 11.6 Å². The van der Waals surface area contributed by atoms with E-state index in [1.807, 2.05) is 30.3 Å². The molecule has 3 aromatic carbocycles. The molecule has 0 atom stereocenters. The van der Waals surface area contributed by atoms with E-state index in [1.54, 1.807) is 6.07 Å². The van der Waals surface area contributed by atoms with Crippen molar-refractivity contribution >= 4 is 55.8 Å². The second-order valence-electron chi connectivity index (χ2n) is 8.04. The van der Waals surface area contributed by atoms with Crippen LogP contribution in [-0.2, 0) is 4.74 Å². The highest BCUT2D eigenvalue weighted by Crippen LogP contribution is 2.34. The number of ether oxygens (including phenoxy) is 2. The first-order valence-corrected chi connectivity index (χ1v) is 11.8. The fraction of sp³-hybridized carbons (Fsp3) is 0.280. The van der Waals surface area contributed by atoms with Gasteiger partial charge in [-0.2, -0.15) is 0 Å². The summed E-state index contributed by atoms with van der Waals surface area (Å²) < 4.78 is 39.5. The van der Waals surface area contributed by atoms with E-state index in [0.29, 0.717) is 47.4 Å². The molecule has 0 unspecified atom stereocenters. The van der Waals surface area contributed by atoms with E-state index in [9.17, 15) is 13.6 Å². The molecule has 184 valence electrons. The number of hydrogen-bond acceptors (Lipinski definition) is 6. The first-order chi connectivity index (χ1) is 16.5. The van der Waals surface area contributed by atoms with Crippen LogP contribution in [-0.4, -0.2) is 62.3 Å². The number of methoxy groups -OCH3 is 1. The van der Waals surface area contributed by atoms with E-state index in [0.717, 1.165) is 41.3 Å². The summed E-state index contributed by atoms with van der Waals surface area (Å²) >= 11 is 1.09. The summed E-state index contributed by atoms with van der Waals surface area (Å²) in [7, 11) is 1.52. The van der Waals surface area contributed by atoms with Crippen LogP contribution in [0.3, 0.4) is 0 Å². The summed E-state index contributed by atoms with van der Waals surface area (Å²) in [4.78, 5) is 22.0. The predicted octanol–water partition coefficient (Wildman–Crippen LogP) is 5.14. The first-order valence-electron chi connectivity index (χ1n) is 11.0. The Morgan fingerprint density at radius 3 is 2.57 bits per heavy atom. The molecule has 0 saturated carbocycles. The highest BCUT2D eigenvalue weighted by Gasteiger charge is 2.26. The Hall–Kier alpha value is -2.85. The molecule has 2 heterocycles. The summed E-state index contributed by atoms with van der Waals surface area (Å²) in [5, 5.41) is 2.17. The maximum absolute atomic E-state index is 14.4. The lowest BCUT2D eigenvalue weighted by Gasteiger charge is -2.29. The van der Waals surface area contributed by atoms with E-state index >= 15 is 0 Å². The van der Waals surface area contributed by atoms with Crippen LogP contribution in [0.2, 0.25) is 0 Å². The van der Waals surface area contributed by atoms with Crippen LogP contribution < -0.4 is 9.64 Å². The minimum Gasteiger partial charge on any atom is -0.496 e. The van der Waals surface area contributed by atoms with Crippen LogP contribution in [0.15, 0.2) is 48.5 Å². The lowest BCUT2D eigenvalue weighted by atomic mass is 10.0. The molecule has 1 amide bonds. The average Bonchev–Trinajstić information content (AvgIpc) is 3.28. The van der Waals surface area contributed by atoms with Gasteiger partial charge in [0, 0.05) is 32.2 Å². The number of amides is 1. The third-order valence-corrected chi connectivity index (χ3v) is 6.95. The Bertz CT molecular complexity index is 1360. The fourth-order valence-corrected chi connectivity index (χ4v) is 5.14. The van der Waals surface area contributed by atoms with Gasteiger partial charge < -0.3 is 9.47 Å². The highest BCUT2D eigenvalue weighted by atomic mass is 35.5. The van der Waals surface area contributed by atoms with Gasteiger partial charge in [-0.3, -0.25) is 14.6 Å². The Morgan fingerprint density at radius 2 is 1.86 bits per heavy atom. The molecule has 0 N–H and O–H groups in total. The number of thiazole rings is 1. The number of benzene rings is 3. The van der Waals surface area contributed by atoms with Crippen LogP contribution >= 0.6 is 23.7 Å². The molecule has 1 fully saturated rings. The van der Waals surface area contributed by atoms with Gasteiger partial charge in [0.2, 0.25) is 0 Å². The maximum Gasteiger partial charge on any atom is 0.263 e. The molecule has 0 bridgehead atoms. The van der Waals surface area contributed by atoms with Gasteiger partial charge in [0.25, 0.3) is 5.91 Å². The molecular formula is C25H24ClF2N3O3S. The van der Waals surface area contributed by atoms with Crippen LogP contribution in [0, 0.1) is 11.6 Å². The summed E-state index contributed by atoms with van der Waals surface area (Å²) in [5.74, 6) is -1.29. The van der Waals surface area contributed by atoms with Crippen molar-refractivity contribution in [2.24, 2.45) is 0 Å². The number of aromatic nitrogens is 1. The summed E-state index contributed by atoms with van der Waals surface area (Å²) in [6, 6.07) is 13.4. The SMILES string of the molecule is COc1cc2ccccc2cc1C(=O)N(CCN1CCOCC1)c1nc2c(F)cc(F)cc2s1.Cl. The Balaban J connectivity index is 0.00000289. The van der Waals surface area contributed by atoms with Crippen LogP contribution in [0.4, 0.5) is 13.9 Å². The van der Waals surface area contributed by atoms with Crippen LogP contribution in [0.25, 0.3) is 21.0 Å². The van der Waals surface area contributed by atoms with Gasteiger partial charge in [0.15, 0.2) is 10.9 Å². The molecule has 1 aliphatic heterocycles. The van der Waals surface area contributed by atoms with Crippen LogP contribution in [0.5, 0.6) is 5.75 Å². The number of nitrogens with zero attached hydrogens (tertiary/aromatic N) is 3. The first kappa shape index (κ1) is 25.2. The molecule has 4 aromatic rings. The predicted molar refractivity (Wildman–Crippen MR) is 136 cm³/mol. The monoisotopic (exact) mass is 519 g/mol. The van der Waals surface area contributed by atoms with Gasteiger partial charge in [0.1, 0.15) is 17.1 Å². The van der Waals surface area contributed by atoms with E-state index in [-0.39, 0.29) is 23.8 Å². The number of rotatable bonds is 6. The fourth-order valence-electron chi connectivity index (χ4n) is 4.11. The Morgan fingerprint density at radius 1 is 1.14 bits per heavy atom. The van der Waals surface area contributed by atoms with Crippen molar-refractivity contribution in [1.29, 1.82) is 0 Å². The number of fused-ring (bicyclic) bond motifs is 2. The quantitative estimate of drug-likeness (QED) is 0.353. The number of halogens is 3. The molecular weight excluding hydrogens is 496 g/mol. The number of carbonyl (C=O) groups is 1. The van der Waals surface area contributed by atoms with Gasteiger partial charge in [0.05, 0.1) is 30.6 Å². The molecule has 0 spiro atoms. The van der Waals surface area contributed by atoms with Crippen molar-refractivity contribution in [3.8, 4) is 5.75 Å². The van der Waals surface area contributed by atoms with E-state index in [4.69, 9.17) is 9.47 Å². The van der Waals surface area contributed by atoms with Crippen molar-refractivity contribution in [2.75, 3.05) is 51.4 Å². The topological polar surface area (TPSA) is 54.9 Å². The smallest absolute Gasteiger partial charge is 0.263 e. The number of anilines is 1. The Kier molecular flexibility index (Phi) is 7.81. The third kappa shape index (κ3) is 5.23. The van der Waals surface area contributed by atoms with Crippen LogP contribution in [0.1, 0.15) is 10.4 Å². The zero-order valence-corrected chi connectivity index (χ0v) is 20.6. The second-order valence-corrected chi connectivity index (χ2v) is 9.05. The van der Waals surface area contributed by atoms with Gasteiger partial charge in [-0.1, -0.05) is 35.6 Å². The van der Waals surface area contributed by atoms with Gasteiger partial charge in [-0.15, -0.1) is 12.4 Å². The minimum atomic E-state index is -0.749. The molecule has 1 saturated heterocycles. The van der Waals surface area contributed by atoms with E-state index in [2.05, 4.69) is 9.88 Å². The second kappa shape index (κ2) is 10.8. The summed E-state index contributed by atoms with van der Waals surface area (Å²) in [6.45, 7) is 3.73. The van der Waals surface area contributed by atoms with Gasteiger partial charge in [-0.25, -0.2) is 13.8 Å². The molecule has 1 aliphatic rings. The van der Waals surface area contributed by atoms with Crippen molar-refractivity contribution in [2.45, 2.75) is 0 Å². The van der Waals surface area contributed by atoms with Gasteiger partial charge in [-0.05, 0) is 29.0 Å². The largest absolute Gasteiger partial charge is 0.496 e. The third-order valence-electron chi connectivity index (χ3n) is 5.92. The minimum absolute atomic E-state index is 0. The molecule has 1 aromatic heterocycles. The summed E-state index contributed by atoms with van der Waals surface area (Å²) in [6.07, 6.45) is 0. The molecule has 5 rings (SSSR count). The van der Waals surface area contributed by atoms with Crippen molar-refractivity contribution < 1.29 is 23.0 Å². The van der Waals surface area contributed by atoms with E-state index in [1.165, 1.54) is 18.1 Å². The molecule has 0 aliphatic carbocycles. The zero-order valence-electron chi connectivity index (χ0n) is 19.0. The Labute approximate surface area is 211 Å². The number of carbonyl (C=O) groups excluding carboxylic acids is 1. The lowest BCUT2D eigenvalue weighted by molar-refractivity contribution is 0.0391. The molecule has 35 heavy (non-hydrogen) atoms. The average molecular weight is 520 g/mol. The molecule has 0 radical (unpaired) electrons. The summed E-state index contributed by atoms with van der Waals surface area (Å²) in [5.41, 5.74) is 0.435. The molecule has 6 nitrogen and oxygen atoms in total. The van der Waals surface area contributed by atoms with Crippen molar-refractivity contribution in [3.63, 3.8) is 0 Å². The number of morpholine rings is 1. The molecule has 10 heteroatoms.